The molecule has 5 nitrogen and oxygen atoms in total. The number of amides is 1. The van der Waals surface area contributed by atoms with Crippen LogP contribution in [0.3, 0.4) is 0 Å². The lowest BCUT2D eigenvalue weighted by molar-refractivity contribution is -0.384. The zero-order valence-corrected chi connectivity index (χ0v) is 13.2. The third-order valence-electron chi connectivity index (χ3n) is 3.90. The topological polar surface area (TPSA) is 63.5 Å². The van der Waals surface area contributed by atoms with Crippen molar-refractivity contribution in [2.75, 3.05) is 7.05 Å². The van der Waals surface area contributed by atoms with Crippen molar-refractivity contribution >= 4 is 11.6 Å². The summed E-state index contributed by atoms with van der Waals surface area (Å²) in [5.74, 6) is -2.14. The second kappa shape index (κ2) is 7.16. The summed E-state index contributed by atoms with van der Waals surface area (Å²) in [5.41, 5.74) is 1.07. The maximum atomic E-state index is 13.3. The monoisotopic (exact) mass is 334 g/mol. The van der Waals surface area contributed by atoms with E-state index in [4.69, 9.17) is 0 Å². The Morgan fingerprint density at radius 1 is 1.17 bits per heavy atom. The van der Waals surface area contributed by atoms with Crippen LogP contribution < -0.4 is 0 Å². The normalized spacial score (nSPS) is 11.8. The number of hydrogen-bond acceptors (Lipinski definition) is 3. The molecule has 0 aliphatic heterocycles. The molecular formula is C17H16F2N2O3. The number of likely N-dealkylation sites (N-methyl/N-ethyl adjacent to an activating group) is 1. The van der Waals surface area contributed by atoms with Crippen LogP contribution in [0, 0.1) is 21.7 Å². The molecule has 1 unspecified atom stereocenters. The minimum Gasteiger partial charge on any atom is -0.339 e. The third-order valence-corrected chi connectivity index (χ3v) is 3.90. The van der Waals surface area contributed by atoms with Crippen LogP contribution in [-0.4, -0.2) is 22.8 Å². The number of hydrogen-bond donors (Lipinski definition) is 0. The summed E-state index contributed by atoms with van der Waals surface area (Å²) >= 11 is 0. The van der Waals surface area contributed by atoms with Crippen LogP contribution in [-0.2, 0) is 11.2 Å². The van der Waals surface area contributed by atoms with Crippen molar-refractivity contribution in [3.8, 4) is 0 Å². The molecule has 24 heavy (non-hydrogen) atoms. The van der Waals surface area contributed by atoms with Crippen molar-refractivity contribution in [1.29, 1.82) is 0 Å². The second-order valence-electron chi connectivity index (χ2n) is 5.45. The molecule has 2 rings (SSSR count). The number of rotatable bonds is 5. The summed E-state index contributed by atoms with van der Waals surface area (Å²) in [7, 11) is 1.57. The van der Waals surface area contributed by atoms with E-state index in [1.54, 1.807) is 14.0 Å². The minimum absolute atomic E-state index is 0.0466. The fourth-order valence-corrected chi connectivity index (χ4v) is 2.25. The highest BCUT2D eigenvalue weighted by molar-refractivity contribution is 5.79. The molecule has 7 heteroatoms. The van der Waals surface area contributed by atoms with Crippen LogP contribution >= 0.6 is 0 Å². The summed E-state index contributed by atoms with van der Waals surface area (Å²) in [5, 5.41) is 10.6. The number of halogens is 2. The maximum absolute atomic E-state index is 13.3. The Morgan fingerprint density at radius 3 is 2.33 bits per heavy atom. The summed E-state index contributed by atoms with van der Waals surface area (Å²) < 4.78 is 26.3. The van der Waals surface area contributed by atoms with Crippen molar-refractivity contribution in [2.24, 2.45) is 0 Å². The van der Waals surface area contributed by atoms with E-state index >= 15 is 0 Å². The van der Waals surface area contributed by atoms with Gasteiger partial charge in [-0.1, -0.05) is 18.2 Å². The van der Waals surface area contributed by atoms with Gasteiger partial charge in [-0.25, -0.2) is 8.78 Å². The Bertz CT molecular complexity index is 763. The number of nitro groups is 1. The zero-order valence-electron chi connectivity index (χ0n) is 13.2. The van der Waals surface area contributed by atoms with E-state index in [0.717, 1.165) is 12.1 Å². The van der Waals surface area contributed by atoms with Crippen LogP contribution in [0.2, 0.25) is 0 Å². The fraction of sp³-hybridized carbons (Fsp3) is 0.235. The Hall–Kier alpha value is -2.83. The Morgan fingerprint density at radius 2 is 1.79 bits per heavy atom. The smallest absolute Gasteiger partial charge is 0.269 e. The number of nitrogens with zero attached hydrogens (tertiary/aromatic N) is 2. The molecule has 0 radical (unpaired) electrons. The van der Waals surface area contributed by atoms with Gasteiger partial charge in [-0.15, -0.1) is 0 Å². The van der Waals surface area contributed by atoms with E-state index in [-0.39, 0.29) is 18.0 Å². The van der Waals surface area contributed by atoms with E-state index in [9.17, 15) is 23.7 Å². The predicted molar refractivity (Wildman–Crippen MR) is 84.3 cm³/mol. The number of carbonyl (C=O) groups is 1. The van der Waals surface area contributed by atoms with Crippen LogP contribution in [0.15, 0.2) is 42.5 Å². The second-order valence-corrected chi connectivity index (χ2v) is 5.45. The first-order chi connectivity index (χ1) is 11.3. The molecule has 0 aromatic heterocycles. The lowest BCUT2D eigenvalue weighted by Crippen LogP contribution is -2.31. The molecule has 0 aliphatic rings. The van der Waals surface area contributed by atoms with Crippen LogP contribution in [0.1, 0.15) is 24.1 Å². The van der Waals surface area contributed by atoms with Gasteiger partial charge >= 0.3 is 0 Å². The minimum atomic E-state index is -0.962. The molecule has 0 saturated heterocycles. The van der Waals surface area contributed by atoms with Gasteiger partial charge in [0.2, 0.25) is 5.91 Å². The molecule has 0 saturated carbocycles. The highest BCUT2D eigenvalue weighted by Gasteiger charge is 2.19. The largest absolute Gasteiger partial charge is 0.339 e. The lowest BCUT2D eigenvalue weighted by Gasteiger charge is -2.25. The number of nitro benzene ring substituents is 1. The standard InChI is InChI=1S/C17H16F2N2O3/c1-11(13-5-8-15(18)16(19)10-13)20(2)17(22)9-12-3-6-14(7-4-12)21(23)24/h3-8,10-11H,9H2,1-2H3. The van der Waals surface area contributed by atoms with Crippen molar-refractivity contribution in [3.05, 3.63) is 75.3 Å². The summed E-state index contributed by atoms with van der Waals surface area (Å²) in [6, 6.07) is 8.79. The Balaban J connectivity index is 2.07. The predicted octanol–water partition coefficient (Wildman–Crippen LogP) is 3.64. The molecule has 0 heterocycles. The van der Waals surface area contributed by atoms with Gasteiger partial charge in [0.05, 0.1) is 17.4 Å². The van der Waals surface area contributed by atoms with E-state index in [0.29, 0.717) is 11.1 Å². The van der Waals surface area contributed by atoms with E-state index in [1.165, 1.54) is 35.2 Å². The molecular weight excluding hydrogens is 318 g/mol. The molecule has 0 bridgehead atoms. The van der Waals surface area contributed by atoms with Gasteiger partial charge in [-0.3, -0.25) is 14.9 Å². The van der Waals surface area contributed by atoms with Gasteiger partial charge in [0.1, 0.15) is 0 Å². The van der Waals surface area contributed by atoms with Crippen molar-refractivity contribution < 1.29 is 18.5 Å². The average molecular weight is 334 g/mol. The maximum Gasteiger partial charge on any atom is 0.269 e. The summed E-state index contributed by atoms with van der Waals surface area (Å²) in [6.07, 6.45) is 0.0580. The van der Waals surface area contributed by atoms with Crippen molar-refractivity contribution in [1.82, 2.24) is 4.90 Å². The Kier molecular flexibility index (Phi) is 5.23. The third kappa shape index (κ3) is 3.92. The number of non-ortho nitro benzene ring substituents is 1. The molecule has 0 N–H and O–H groups in total. The molecule has 1 atom stereocenters. The van der Waals surface area contributed by atoms with E-state index in [1.807, 2.05) is 0 Å². The van der Waals surface area contributed by atoms with E-state index < -0.39 is 22.6 Å². The molecule has 2 aromatic carbocycles. The van der Waals surface area contributed by atoms with Gasteiger partial charge < -0.3 is 4.90 Å². The summed E-state index contributed by atoms with van der Waals surface area (Å²) in [4.78, 5) is 23.8. The van der Waals surface area contributed by atoms with Gasteiger partial charge in [0, 0.05) is 19.2 Å². The molecule has 0 fully saturated rings. The van der Waals surface area contributed by atoms with Crippen molar-refractivity contribution in [2.45, 2.75) is 19.4 Å². The van der Waals surface area contributed by atoms with E-state index in [2.05, 4.69) is 0 Å². The van der Waals surface area contributed by atoms with Crippen LogP contribution in [0.25, 0.3) is 0 Å². The number of carbonyl (C=O) groups excluding carboxylic acids is 1. The van der Waals surface area contributed by atoms with Gasteiger partial charge in [-0.05, 0) is 30.2 Å². The lowest BCUT2D eigenvalue weighted by atomic mass is 10.1. The van der Waals surface area contributed by atoms with Gasteiger partial charge in [0.15, 0.2) is 11.6 Å². The first-order valence-electron chi connectivity index (χ1n) is 7.23. The zero-order chi connectivity index (χ0) is 17.9. The molecule has 2 aromatic rings. The highest BCUT2D eigenvalue weighted by atomic mass is 19.2. The number of benzene rings is 2. The first-order valence-corrected chi connectivity index (χ1v) is 7.23. The molecule has 1 amide bonds. The van der Waals surface area contributed by atoms with Gasteiger partial charge in [-0.2, -0.15) is 0 Å². The quantitative estimate of drug-likeness (QED) is 0.619. The SMILES string of the molecule is CC(c1ccc(F)c(F)c1)N(C)C(=O)Cc1ccc([N+](=O)[O-])cc1. The van der Waals surface area contributed by atoms with Crippen LogP contribution in [0.5, 0.6) is 0 Å². The summed E-state index contributed by atoms with van der Waals surface area (Å²) in [6.45, 7) is 1.71. The average Bonchev–Trinajstić information content (AvgIpc) is 2.56. The molecule has 0 aliphatic carbocycles. The fourth-order valence-electron chi connectivity index (χ4n) is 2.25. The van der Waals surface area contributed by atoms with Gasteiger partial charge in [0.25, 0.3) is 5.69 Å². The van der Waals surface area contributed by atoms with Crippen molar-refractivity contribution in [3.63, 3.8) is 0 Å². The highest BCUT2D eigenvalue weighted by Crippen LogP contribution is 2.22. The van der Waals surface area contributed by atoms with Crippen LogP contribution in [0.4, 0.5) is 14.5 Å². The molecule has 126 valence electrons. The first kappa shape index (κ1) is 17.5. The molecule has 0 spiro atoms. The Labute approximate surface area is 137 Å².